The summed E-state index contributed by atoms with van der Waals surface area (Å²) >= 11 is 0. The summed E-state index contributed by atoms with van der Waals surface area (Å²) in [6.07, 6.45) is 1.06. The second-order valence-electron chi connectivity index (χ2n) is 4.70. The summed E-state index contributed by atoms with van der Waals surface area (Å²) in [5, 5.41) is 21.0. The zero-order valence-corrected chi connectivity index (χ0v) is 11.5. The average Bonchev–Trinajstić information content (AvgIpc) is 2.45. The number of methoxy groups -OCH3 is 2. The van der Waals surface area contributed by atoms with E-state index in [1.807, 2.05) is 4.90 Å². The number of piperidine rings is 1. The third-order valence-electron chi connectivity index (χ3n) is 3.41. The lowest BCUT2D eigenvalue weighted by molar-refractivity contribution is -0.384. The van der Waals surface area contributed by atoms with Crippen LogP contribution in [0.5, 0.6) is 11.5 Å². The molecule has 1 aromatic rings. The molecule has 0 unspecified atom stereocenters. The Balaban J connectivity index is 2.46. The minimum atomic E-state index is -0.462. The van der Waals surface area contributed by atoms with Gasteiger partial charge in [0.2, 0.25) is 0 Å². The molecule has 1 aliphatic heterocycles. The van der Waals surface area contributed by atoms with Crippen LogP contribution in [0, 0.1) is 10.1 Å². The zero-order valence-electron chi connectivity index (χ0n) is 11.5. The van der Waals surface area contributed by atoms with Crippen molar-refractivity contribution in [3.05, 3.63) is 22.2 Å². The third kappa shape index (κ3) is 2.77. The van der Waals surface area contributed by atoms with E-state index in [9.17, 15) is 15.2 Å². The maximum absolute atomic E-state index is 11.2. The fourth-order valence-electron chi connectivity index (χ4n) is 2.43. The number of benzene rings is 1. The predicted molar refractivity (Wildman–Crippen MR) is 73.7 cm³/mol. The summed E-state index contributed by atoms with van der Waals surface area (Å²) < 4.78 is 10.3. The van der Waals surface area contributed by atoms with Gasteiger partial charge in [-0.3, -0.25) is 10.1 Å². The number of nitro groups is 1. The molecule has 0 spiro atoms. The Bertz CT molecular complexity index is 506. The standard InChI is InChI=1S/C13H18N2O5/c1-19-12-6-10(14-5-3-4-9(16)8-14)11(15(17)18)7-13(12)20-2/h6-7,9,16H,3-5,8H2,1-2H3/t9-/m0/s1. The molecule has 7 heteroatoms. The number of nitrogens with zero attached hydrogens (tertiary/aromatic N) is 2. The van der Waals surface area contributed by atoms with Crippen molar-refractivity contribution < 1.29 is 19.5 Å². The highest BCUT2D eigenvalue weighted by molar-refractivity contribution is 5.70. The number of nitro benzene ring substituents is 1. The van der Waals surface area contributed by atoms with Gasteiger partial charge < -0.3 is 19.5 Å². The number of hydrogen-bond donors (Lipinski definition) is 1. The Hall–Kier alpha value is -2.02. The monoisotopic (exact) mass is 282 g/mol. The van der Waals surface area contributed by atoms with E-state index in [1.54, 1.807) is 6.07 Å². The molecule has 0 aliphatic carbocycles. The Labute approximate surface area is 116 Å². The molecule has 0 amide bonds. The van der Waals surface area contributed by atoms with Gasteiger partial charge in [-0.2, -0.15) is 0 Å². The minimum absolute atomic E-state index is 0.0447. The molecule has 1 aliphatic rings. The van der Waals surface area contributed by atoms with Crippen LogP contribution in [0.4, 0.5) is 11.4 Å². The maximum atomic E-state index is 11.2. The number of ether oxygens (including phenoxy) is 2. The van der Waals surface area contributed by atoms with Gasteiger partial charge in [-0.15, -0.1) is 0 Å². The van der Waals surface area contributed by atoms with Crippen molar-refractivity contribution in [2.24, 2.45) is 0 Å². The van der Waals surface area contributed by atoms with Crippen LogP contribution < -0.4 is 14.4 Å². The first-order valence-corrected chi connectivity index (χ1v) is 6.40. The van der Waals surface area contributed by atoms with Crippen molar-refractivity contribution in [2.45, 2.75) is 18.9 Å². The van der Waals surface area contributed by atoms with Gasteiger partial charge in [0.1, 0.15) is 5.69 Å². The highest BCUT2D eigenvalue weighted by Crippen LogP contribution is 2.40. The molecule has 1 fully saturated rings. The number of β-amino-alcohol motifs (C(OH)–C–C–N with tert-alkyl or cyclic N) is 1. The molecule has 20 heavy (non-hydrogen) atoms. The van der Waals surface area contributed by atoms with E-state index >= 15 is 0 Å². The van der Waals surface area contributed by atoms with E-state index in [2.05, 4.69) is 0 Å². The van der Waals surface area contributed by atoms with E-state index in [4.69, 9.17) is 9.47 Å². The number of aliphatic hydroxyl groups is 1. The topological polar surface area (TPSA) is 85.1 Å². The third-order valence-corrected chi connectivity index (χ3v) is 3.41. The summed E-state index contributed by atoms with van der Waals surface area (Å²) in [5.41, 5.74) is 0.406. The van der Waals surface area contributed by atoms with Gasteiger partial charge in [0, 0.05) is 19.2 Å². The molecule has 1 aromatic carbocycles. The van der Waals surface area contributed by atoms with Gasteiger partial charge >= 0.3 is 0 Å². The summed E-state index contributed by atoms with van der Waals surface area (Å²) in [4.78, 5) is 12.6. The normalized spacial score (nSPS) is 18.8. The molecule has 0 bridgehead atoms. The summed E-state index contributed by atoms with van der Waals surface area (Å²) in [6, 6.07) is 2.95. The van der Waals surface area contributed by atoms with Crippen LogP contribution in [0.3, 0.4) is 0 Å². The molecule has 7 nitrogen and oxygen atoms in total. The SMILES string of the molecule is COc1cc(N2CCC[C@H](O)C2)c([N+](=O)[O-])cc1OC. The quantitative estimate of drug-likeness (QED) is 0.666. The Morgan fingerprint density at radius 2 is 2.00 bits per heavy atom. The fraction of sp³-hybridized carbons (Fsp3) is 0.538. The number of anilines is 1. The Kier molecular flexibility index (Phi) is 4.29. The van der Waals surface area contributed by atoms with Gasteiger partial charge in [-0.1, -0.05) is 0 Å². The molecular weight excluding hydrogens is 264 g/mol. The van der Waals surface area contributed by atoms with Gasteiger partial charge in [-0.05, 0) is 12.8 Å². The van der Waals surface area contributed by atoms with Crippen molar-refractivity contribution in [1.82, 2.24) is 0 Å². The molecule has 1 atom stereocenters. The maximum Gasteiger partial charge on any atom is 0.296 e. The first kappa shape index (κ1) is 14.4. The molecule has 1 saturated heterocycles. The van der Waals surface area contributed by atoms with E-state index in [-0.39, 0.29) is 5.69 Å². The zero-order chi connectivity index (χ0) is 14.7. The van der Waals surface area contributed by atoms with Crippen LogP contribution >= 0.6 is 0 Å². The van der Waals surface area contributed by atoms with Crippen LogP contribution in [0.25, 0.3) is 0 Å². The average molecular weight is 282 g/mol. The molecule has 1 N–H and O–H groups in total. The van der Waals surface area contributed by atoms with Crippen molar-refractivity contribution in [3.63, 3.8) is 0 Å². The molecule has 1 heterocycles. The van der Waals surface area contributed by atoms with Crippen molar-refractivity contribution in [1.29, 1.82) is 0 Å². The molecular formula is C13H18N2O5. The smallest absolute Gasteiger partial charge is 0.296 e. The van der Waals surface area contributed by atoms with E-state index < -0.39 is 11.0 Å². The van der Waals surface area contributed by atoms with Gasteiger partial charge in [-0.25, -0.2) is 0 Å². The largest absolute Gasteiger partial charge is 0.493 e. The minimum Gasteiger partial charge on any atom is -0.493 e. The van der Waals surface area contributed by atoms with Crippen LogP contribution in [-0.4, -0.2) is 43.4 Å². The summed E-state index contributed by atoms with van der Waals surface area (Å²) in [5.74, 6) is 0.758. The predicted octanol–water partition coefficient (Wildman–Crippen LogP) is 1.57. The van der Waals surface area contributed by atoms with Gasteiger partial charge in [0.15, 0.2) is 11.5 Å². The molecule has 2 rings (SSSR count). The van der Waals surface area contributed by atoms with Crippen molar-refractivity contribution in [3.8, 4) is 11.5 Å². The van der Waals surface area contributed by atoms with E-state index in [0.717, 1.165) is 12.8 Å². The Morgan fingerprint density at radius 3 is 2.55 bits per heavy atom. The molecule has 0 aromatic heterocycles. The Morgan fingerprint density at radius 1 is 1.35 bits per heavy atom. The lowest BCUT2D eigenvalue weighted by Crippen LogP contribution is -2.38. The number of aliphatic hydroxyl groups excluding tert-OH is 1. The molecule has 0 radical (unpaired) electrons. The van der Waals surface area contributed by atoms with Crippen LogP contribution in [0.2, 0.25) is 0 Å². The van der Waals surface area contributed by atoms with Crippen LogP contribution in [-0.2, 0) is 0 Å². The molecule has 0 saturated carbocycles. The first-order chi connectivity index (χ1) is 9.56. The second-order valence-corrected chi connectivity index (χ2v) is 4.70. The van der Waals surface area contributed by atoms with Gasteiger partial charge in [0.25, 0.3) is 5.69 Å². The number of rotatable bonds is 4. The van der Waals surface area contributed by atoms with E-state index in [0.29, 0.717) is 30.3 Å². The number of hydrogen-bond acceptors (Lipinski definition) is 6. The fourth-order valence-corrected chi connectivity index (χ4v) is 2.43. The lowest BCUT2D eigenvalue weighted by atomic mass is 10.1. The van der Waals surface area contributed by atoms with Crippen molar-refractivity contribution in [2.75, 3.05) is 32.2 Å². The first-order valence-electron chi connectivity index (χ1n) is 6.40. The van der Waals surface area contributed by atoms with Crippen molar-refractivity contribution >= 4 is 11.4 Å². The van der Waals surface area contributed by atoms with Gasteiger partial charge in [0.05, 0.1) is 31.3 Å². The lowest BCUT2D eigenvalue weighted by Gasteiger charge is -2.31. The molecule has 110 valence electrons. The summed E-state index contributed by atoms with van der Waals surface area (Å²) in [6.45, 7) is 1.06. The van der Waals surface area contributed by atoms with E-state index in [1.165, 1.54) is 20.3 Å². The highest BCUT2D eigenvalue weighted by atomic mass is 16.6. The van der Waals surface area contributed by atoms with Crippen LogP contribution in [0.15, 0.2) is 12.1 Å². The summed E-state index contributed by atoms with van der Waals surface area (Å²) in [7, 11) is 2.92. The highest BCUT2D eigenvalue weighted by Gasteiger charge is 2.27. The van der Waals surface area contributed by atoms with Crippen LogP contribution in [0.1, 0.15) is 12.8 Å². The second kappa shape index (κ2) is 5.96.